The highest BCUT2D eigenvalue weighted by Gasteiger charge is 2.17. The monoisotopic (exact) mass is 309 g/mol. The Bertz CT molecular complexity index is 664. The zero-order valence-electron chi connectivity index (χ0n) is 11.9. The number of aromatic nitrogens is 1. The van der Waals surface area contributed by atoms with E-state index in [9.17, 15) is 9.18 Å². The number of nitrogens with zero attached hydrogens (tertiary/aromatic N) is 1. The molecule has 0 aliphatic rings. The van der Waals surface area contributed by atoms with Crippen LogP contribution in [0.2, 0.25) is 0 Å². The second-order valence-electron chi connectivity index (χ2n) is 5.39. The highest BCUT2D eigenvalue weighted by molar-refractivity contribution is 7.13. The maximum Gasteiger partial charge on any atom is 0.412 e. The van der Waals surface area contributed by atoms with Gasteiger partial charge in [-0.15, -0.1) is 11.3 Å². The fourth-order valence-electron chi connectivity index (χ4n) is 1.63. The van der Waals surface area contributed by atoms with Gasteiger partial charge in [0, 0.05) is 16.6 Å². The number of carbonyl (C=O) groups excluding carboxylic acids is 1. The molecule has 0 aliphatic heterocycles. The summed E-state index contributed by atoms with van der Waals surface area (Å²) in [6.45, 7) is 5.29. The van der Waals surface area contributed by atoms with E-state index < -0.39 is 17.5 Å². The summed E-state index contributed by atoms with van der Waals surface area (Å²) in [5, 5.41) is 4.57. The minimum atomic E-state index is -0.601. The lowest BCUT2D eigenvalue weighted by atomic mass is 10.1. The molecule has 112 valence electrons. The number of nitrogen functional groups attached to an aromatic ring is 1. The first-order chi connectivity index (χ1) is 9.74. The fraction of sp³-hybridized carbons (Fsp3) is 0.286. The van der Waals surface area contributed by atoms with Crippen molar-refractivity contribution in [2.75, 3.05) is 11.1 Å². The van der Waals surface area contributed by atoms with Crippen LogP contribution in [0.15, 0.2) is 23.6 Å². The van der Waals surface area contributed by atoms with E-state index in [1.54, 1.807) is 26.2 Å². The molecule has 2 rings (SSSR count). The van der Waals surface area contributed by atoms with Gasteiger partial charge in [0.1, 0.15) is 11.4 Å². The largest absolute Gasteiger partial charge is 0.444 e. The zero-order chi connectivity index (χ0) is 15.6. The predicted octanol–water partition coefficient (Wildman–Crippen LogP) is 3.88. The van der Waals surface area contributed by atoms with E-state index in [4.69, 9.17) is 10.5 Å². The second-order valence-corrected chi connectivity index (χ2v) is 6.28. The Morgan fingerprint density at radius 2 is 2.14 bits per heavy atom. The molecular weight excluding hydrogens is 293 g/mol. The van der Waals surface area contributed by atoms with Crippen LogP contribution >= 0.6 is 11.3 Å². The maximum atomic E-state index is 13.9. The number of halogens is 1. The van der Waals surface area contributed by atoms with Crippen molar-refractivity contribution in [3.8, 4) is 11.3 Å². The number of benzene rings is 1. The Balaban J connectivity index is 2.21. The fourth-order valence-corrected chi connectivity index (χ4v) is 2.20. The molecular formula is C14H16FN3O2S. The van der Waals surface area contributed by atoms with Crippen molar-refractivity contribution >= 4 is 28.2 Å². The summed E-state index contributed by atoms with van der Waals surface area (Å²) in [7, 11) is 0. The number of carbonyl (C=O) groups is 1. The van der Waals surface area contributed by atoms with Gasteiger partial charge in [-0.25, -0.2) is 14.2 Å². The lowest BCUT2D eigenvalue weighted by molar-refractivity contribution is 0.0636. The topological polar surface area (TPSA) is 77.2 Å². The van der Waals surface area contributed by atoms with Crippen molar-refractivity contribution in [2.24, 2.45) is 0 Å². The van der Waals surface area contributed by atoms with Crippen LogP contribution in [0, 0.1) is 5.82 Å². The highest BCUT2D eigenvalue weighted by atomic mass is 32.1. The normalized spacial score (nSPS) is 11.2. The molecule has 1 aromatic heterocycles. The number of ether oxygens (including phenoxy) is 1. The number of rotatable bonds is 2. The van der Waals surface area contributed by atoms with E-state index in [1.165, 1.54) is 29.5 Å². The van der Waals surface area contributed by atoms with E-state index in [0.29, 0.717) is 16.5 Å². The van der Waals surface area contributed by atoms with E-state index in [-0.39, 0.29) is 5.56 Å². The molecule has 7 heteroatoms. The summed E-state index contributed by atoms with van der Waals surface area (Å²) in [4.78, 5) is 15.7. The molecule has 0 radical (unpaired) electrons. The van der Waals surface area contributed by atoms with Gasteiger partial charge in [-0.05, 0) is 39.0 Å². The van der Waals surface area contributed by atoms with Crippen molar-refractivity contribution in [3.63, 3.8) is 0 Å². The number of nitrogens with two attached hydrogens (primary N) is 1. The summed E-state index contributed by atoms with van der Waals surface area (Å²) in [6, 6.07) is 4.21. The third kappa shape index (κ3) is 4.16. The van der Waals surface area contributed by atoms with Gasteiger partial charge < -0.3 is 10.5 Å². The van der Waals surface area contributed by atoms with Gasteiger partial charge in [0.05, 0.1) is 5.69 Å². The molecule has 0 bridgehead atoms. The molecule has 2 aromatic rings. The minimum absolute atomic E-state index is 0.275. The molecule has 1 aromatic carbocycles. The number of hydrogen-bond donors (Lipinski definition) is 2. The molecule has 3 N–H and O–H groups in total. The molecule has 0 atom stereocenters. The second kappa shape index (κ2) is 5.69. The number of thiazole rings is 1. The molecule has 0 saturated heterocycles. The lowest BCUT2D eigenvalue weighted by Crippen LogP contribution is -2.27. The molecule has 0 unspecified atom stereocenters. The molecule has 0 fully saturated rings. The Kier molecular flexibility index (Phi) is 4.13. The minimum Gasteiger partial charge on any atom is -0.444 e. The smallest absolute Gasteiger partial charge is 0.412 e. The Morgan fingerprint density at radius 3 is 2.71 bits per heavy atom. The van der Waals surface area contributed by atoms with Gasteiger partial charge >= 0.3 is 6.09 Å². The first-order valence-electron chi connectivity index (χ1n) is 6.25. The van der Waals surface area contributed by atoms with Crippen molar-refractivity contribution in [1.82, 2.24) is 4.98 Å². The first kappa shape index (κ1) is 15.2. The number of anilines is 2. The standard InChI is InChI=1S/C14H16FN3O2S/c1-14(2,3)20-13(19)17-8-4-5-10(15)9(6-8)11-7-21-12(16)18-11/h4-7H,1-3H3,(H2,16,18)(H,17,19). The molecule has 5 nitrogen and oxygen atoms in total. The van der Waals surface area contributed by atoms with E-state index in [1.807, 2.05) is 0 Å². The molecule has 0 saturated carbocycles. The van der Waals surface area contributed by atoms with Crippen LogP contribution in [0.1, 0.15) is 20.8 Å². The van der Waals surface area contributed by atoms with Crippen molar-refractivity contribution < 1.29 is 13.9 Å². The third-order valence-corrected chi connectivity index (χ3v) is 3.08. The van der Waals surface area contributed by atoms with Crippen LogP contribution in [0.3, 0.4) is 0 Å². The van der Waals surface area contributed by atoms with Crippen LogP contribution < -0.4 is 11.1 Å². The first-order valence-corrected chi connectivity index (χ1v) is 7.13. The van der Waals surface area contributed by atoms with Gasteiger partial charge in [-0.2, -0.15) is 0 Å². The van der Waals surface area contributed by atoms with Crippen LogP contribution in [-0.4, -0.2) is 16.7 Å². The average molecular weight is 309 g/mol. The zero-order valence-corrected chi connectivity index (χ0v) is 12.8. The van der Waals surface area contributed by atoms with Crippen LogP contribution in [0.25, 0.3) is 11.3 Å². The Morgan fingerprint density at radius 1 is 1.43 bits per heavy atom. The number of nitrogens with one attached hydrogen (secondary N) is 1. The van der Waals surface area contributed by atoms with Gasteiger partial charge in [0.25, 0.3) is 0 Å². The summed E-state index contributed by atoms with van der Waals surface area (Å²) >= 11 is 1.22. The van der Waals surface area contributed by atoms with E-state index >= 15 is 0 Å². The van der Waals surface area contributed by atoms with Crippen LogP contribution in [0.5, 0.6) is 0 Å². The van der Waals surface area contributed by atoms with E-state index in [0.717, 1.165) is 0 Å². The summed E-state index contributed by atoms with van der Waals surface area (Å²) in [5.74, 6) is -0.435. The summed E-state index contributed by atoms with van der Waals surface area (Å²) in [5.41, 5.74) is 6.08. The molecule has 1 amide bonds. The van der Waals surface area contributed by atoms with E-state index in [2.05, 4.69) is 10.3 Å². The van der Waals surface area contributed by atoms with Gasteiger partial charge in [0.2, 0.25) is 0 Å². The van der Waals surface area contributed by atoms with Crippen molar-refractivity contribution in [1.29, 1.82) is 0 Å². The maximum absolute atomic E-state index is 13.9. The quantitative estimate of drug-likeness (QED) is 0.882. The van der Waals surface area contributed by atoms with Gasteiger partial charge in [0.15, 0.2) is 5.13 Å². The van der Waals surface area contributed by atoms with Crippen molar-refractivity contribution in [2.45, 2.75) is 26.4 Å². The lowest BCUT2D eigenvalue weighted by Gasteiger charge is -2.19. The third-order valence-electron chi connectivity index (χ3n) is 2.41. The van der Waals surface area contributed by atoms with Crippen LogP contribution in [0.4, 0.5) is 20.0 Å². The molecule has 0 aliphatic carbocycles. The molecule has 0 spiro atoms. The summed E-state index contributed by atoms with van der Waals surface area (Å²) < 4.78 is 19.0. The van der Waals surface area contributed by atoms with Crippen molar-refractivity contribution in [3.05, 3.63) is 29.4 Å². The number of amides is 1. The van der Waals surface area contributed by atoms with Gasteiger partial charge in [-0.3, -0.25) is 5.32 Å². The number of hydrogen-bond acceptors (Lipinski definition) is 5. The predicted molar refractivity (Wildman–Crippen MR) is 81.8 cm³/mol. The van der Waals surface area contributed by atoms with Gasteiger partial charge in [-0.1, -0.05) is 0 Å². The highest BCUT2D eigenvalue weighted by Crippen LogP contribution is 2.28. The Labute approximate surface area is 126 Å². The summed E-state index contributed by atoms with van der Waals surface area (Å²) in [6.07, 6.45) is -0.599. The van der Waals surface area contributed by atoms with Crippen LogP contribution in [-0.2, 0) is 4.74 Å². The SMILES string of the molecule is CC(C)(C)OC(=O)Nc1ccc(F)c(-c2csc(N)n2)c1. The molecule has 1 heterocycles. The Hall–Kier alpha value is -2.15. The average Bonchev–Trinajstić information content (AvgIpc) is 2.76. The molecule has 21 heavy (non-hydrogen) atoms.